The Labute approximate surface area is 262 Å². The van der Waals surface area contributed by atoms with Crippen LogP contribution in [0.3, 0.4) is 0 Å². The molecule has 1 unspecified atom stereocenters. The summed E-state index contributed by atoms with van der Waals surface area (Å²) in [6, 6.07) is 15.4. The number of hydrogen-bond donors (Lipinski definition) is 3. The Hall–Kier alpha value is -4.91. The summed E-state index contributed by atoms with van der Waals surface area (Å²) < 4.78 is 47.0. The number of nitrogens with one attached hydrogen (secondary N) is 3. The van der Waals surface area contributed by atoms with Gasteiger partial charge in [-0.3, -0.25) is 29.3 Å². The van der Waals surface area contributed by atoms with Crippen LogP contribution in [0.15, 0.2) is 66.9 Å². The zero-order chi connectivity index (χ0) is 32.4. The zero-order valence-corrected chi connectivity index (χ0v) is 25.1. The van der Waals surface area contributed by atoms with Gasteiger partial charge in [0.1, 0.15) is 23.0 Å². The maximum atomic E-state index is 13.2. The number of nitrogens with zero attached hydrogens (tertiary/aromatic N) is 3. The van der Waals surface area contributed by atoms with Gasteiger partial charge in [0.2, 0.25) is 11.8 Å². The van der Waals surface area contributed by atoms with Gasteiger partial charge in [0, 0.05) is 48.9 Å². The third kappa shape index (κ3) is 6.84. The molecular weight excluding hydrogens is 601 g/mol. The van der Waals surface area contributed by atoms with Crippen molar-refractivity contribution in [2.45, 2.75) is 50.5 Å². The van der Waals surface area contributed by atoms with Gasteiger partial charge in [-0.05, 0) is 67.3 Å². The van der Waals surface area contributed by atoms with Crippen molar-refractivity contribution in [2.75, 3.05) is 30.8 Å². The molecule has 3 N–H and O–H groups in total. The first-order chi connectivity index (χ1) is 22.1. The van der Waals surface area contributed by atoms with Gasteiger partial charge in [0.05, 0.1) is 18.7 Å². The SMILES string of the molecule is COc1ccc2cn(C3CCN(Cc4cccc(NC5CCC(=O)NC5=O)c4)CC3)nc2c1NC(=O)c1cccc(C(F)(F)F)c1. The van der Waals surface area contributed by atoms with E-state index in [0.29, 0.717) is 29.8 Å². The zero-order valence-electron chi connectivity index (χ0n) is 25.1. The highest BCUT2D eigenvalue weighted by molar-refractivity contribution is 6.10. The lowest BCUT2D eigenvalue weighted by Crippen LogP contribution is -2.47. The molecule has 3 heterocycles. The van der Waals surface area contributed by atoms with E-state index in [0.717, 1.165) is 61.2 Å². The Bertz CT molecular complexity index is 1780. The van der Waals surface area contributed by atoms with E-state index >= 15 is 0 Å². The maximum Gasteiger partial charge on any atom is 0.416 e. The van der Waals surface area contributed by atoms with Crippen molar-refractivity contribution in [3.8, 4) is 5.75 Å². The number of imide groups is 1. The van der Waals surface area contributed by atoms with Crippen molar-refractivity contribution >= 4 is 40.0 Å². The van der Waals surface area contributed by atoms with Crippen molar-refractivity contribution in [1.82, 2.24) is 20.0 Å². The van der Waals surface area contributed by atoms with E-state index in [1.54, 1.807) is 6.07 Å². The highest BCUT2D eigenvalue weighted by Crippen LogP contribution is 2.35. The predicted molar refractivity (Wildman–Crippen MR) is 165 cm³/mol. The number of methoxy groups -OCH3 is 1. The number of amides is 3. The third-order valence-electron chi connectivity index (χ3n) is 8.41. The summed E-state index contributed by atoms with van der Waals surface area (Å²) in [5.41, 5.74) is 1.69. The van der Waals surface area contributed by atoms with Crippen molar-refractivity contribution in [3.63, 3.8) is 0 Å². The maximum absolute atomic E-state index is 13.2. The minimum absolute atomic E-state index is 0.113. The van der Waals surface area contributed by atoms with E-state index in [9.17, 15) is 27.6 Å². The number of alkyl halides is 3. The average Bonchev–Trinajstić information content (AvgIpc) is 3.48. The molecule has 1 atom stereocenters. The number of aromatic nitrogens is 2. The molecule has 10 nitrogen and oxygen atoms in total. The van der Waals surface area contributed by atoms with Gasteiger partial charge in [0.15, 0.2) is 0 Å². The molecule has 240 valence electrons. The quantitative estimate of drug-likeness (QED) is 0.223. The summed E-state index contributed by atoms with van der Waals surface area (Å²) in [4.78, 5) is 39.0. The van der Waals surface area contributed by atoms with Crippen LogP contribution in [0, 0.1) is 0 Å². The molecule has 2 fully saturated rings. The summed E-state index contributed by atoms with van der Waals surface area (Å²) in [5, 5.41) is 13.9. The smallest absolute Gasteiger partial charge is 0.416 e. The Morgan fingerprint density at radius 1 is 1.04 bits per heavy atom. The van der Waals surface area contributed by atoms with Crippen LogP contribution in [0.4, 0.5) is 24.5 Å². The molecule has 3 aromatic carbocycles. The highest BCUT2D eigenvalue weighted by atomic mass is 19.4. The Morgan fingerprint density at radius 3 is 2.57 bits per heavy atom. The molecule has 0 radical (unpaired) electrons. The second kappa shape index (κ2) is 12.8. The van der Waals surface area contributed by atoms with E-state index in [1.807, 2.05) is 41.2 Å². The Kier molecular flexibility index (Phi) is 8.67. The number of ether oxygens (including phenoxy) is 1. The number of fused-ring (bicyclic) bond motifs is 1. The molecule has 46 heavy (non-hydrogen) atoms. The van der Waals surface area contributed by atoms with Crippen LogP contribution in [-0.2, 0) is 22.3 Å². The van der Waals surface area contributed by atoms with E-state index < -0.39 is 23.7 Å². The monoisotopic (exact) mass is 634 g/mol. The van der Waals surface area contributed by atoms with Crippen molar-refractivity contribution in [1.29, 1.82) is 0 Å². The van der Waals surface area contributed by atoms with Gasteiger partial charge in [0.25, 0.3) is 5.91 Å². The number of carbonyl (C=O) groups is 3. The van der Waals surface area contributed by atoms with E-state index in [1.165, 1.54) is 19.2 Å². The topological polar surface area (TPSA) is 118 Å². The summed E-state index contributed by atoms with van der Waals surface area (Å²) >= 11 is 0. The van der Waals surface area contributed by atoms with Crippen LogP contribution in [-0.4, -0.2) is 58.6 Å². The van der Waals surface area contributed by atoms with Gasteiger partial charge < -0.3 is 15.4 Å². The number of hydrogen-bond acceptors (Lipinski definition) is 7. The molecule has 6 rings (SSSR count). The first-order valence-corrected chi connectivity index (χ1v) is 15.0. The average molecular weight is 635 g/mol. The number of halogens is 3. The van der Waals surface area contributed by atoms with Gasteiger partial charge in [-0.15, -0.1) is 0 Å². The number of carbonyl (C=O) groups excluding carboxylic acids is 3. The normalized spacial score (nSPS) is 18.0. The molecule has 2 aliphatic rings. The van der Waals surface area contributed by atoms with Crippen LogP contribution in [0.1, 0.15) is 53.2 Å². The highest BCUT2D eigenvalue weighted by Gasteiger charge is 2.31. The summed E-state index contributed by atoms with van der Waals surface area (Å²) in [5.74, 6) is -0.901. The number of benzene rings is 3. The van der Waals surface area contributed by atoms with Crippen LogP contribution in [0.25, 0.3) is 10.9 Å². The first-order valence-electron chi connectivity index (χ1n) is 15.0. The van der Waals surface area contributed by atoms with Gasteiger partial charge in [-0.2, -0.15) is 18.3 Å². The molecule has 2 aliphatic heterocycles. The van der Waals surface area contributed by atoms with E-state index in [-0.39, 0.29) is 23.4 Å². The molecule has 0 bridgehead atoms. The number of anilines is 2. The fraction of sp³-hybridized carbons (Fsp3) is 0.333. The molecule has 2 saturated heterocycles. The van der Waals surface area contributed by atoms with Crippen LogP contribution in [0.2, 0.25) is 0 Å². The summed E-state index contributed by atoms with van der Waals surface area (Å²) in [6.45, 7) is 2.39. The molecule has 0 spiro atoms. The fourth-order valence-electron chi connectivity index (χ4n) is 5.98. The third-order valence-corrected chi connectivity index (χ3v) is 8.41. The molecule has 13 heteroatoms. The number of piperidine rings is 2. The molecule has 0 aliphatic carbocycles. The summed E-state index contributed by atoms with van der Waals surface area (Å²) in [6.07, 6.45) is -0.203. The molecular formula is C33H33F3N6O4. The lowest BCUT2D eigenvalue weighted by atomic mass is 10.0. The van der Waals surface area contributed by atoms with Crippen LogP contribution < -0.4 is 20.7 Å². The lowest BCUT2D eigenvalue weighted by Gasteiger charge is -2.32. The first kappa shape index (κ1) is 31.1. The van der Waals surface area contributed by atoms with Gasteiger partial charge in [-0.1, -0.05) is 18.2 Å². The second-order valence-electron chi connectivity index (χ2n) is 11.6. The van der Waals surface area contributed by atoms with Crippen LogP contribution >= 0.6 is 0 Å². The minimum Gasteiger partial charge on any atom is -0.494 e. The number of likely N-dealkylation sites (tertiary alicyclic amines) is 1. The standard InChI is InChI=1S/C33H33F3N6O4/c1-46-27-10-8-22-19-42(40-29(22)30(27)39-31(44)21-5-3-6-23(17-21)33(34,35)36)25-12-14-41(15-13-25)18-20-4-2-7-24(16-20)37-26-9-11-28(43)38-32(26)45/h2-8,10,16-17,19,25-26,37H,9,11-15,18H2,1H3,(H,39,44)(H,38,43,45). The van der Waals surface area contributed by atoms with Crippen LogP contribution in [0.5, 0.6) is 5.75 Å². The van der Waals surface area contributed by atoms with E-state index in [2.05, 4.69) is 20.9 Å². The molecule has 1 aromatic heterocycles. The van der Waals surface area contributed by atoms with E-state index in [4.69, 9.17) is 9.84 Å². The predicted octanol–water partition coefficient (Wildman–Crippen LogP) is 5.37. The Morgan fingerprint density at radius 2 is 1.83 bits per heavy atom. The number of rotatable bonds is 8. The molecule has 3 amide bonds. The fourth-order valence-corrected chi connectivity index (χ4v) is 5.98. The largest absolute Gasteiger partial charge is 0.494 e. The molecule has 0 saturated carbocycles. The minimum atomic E-state index is -4.57. The second-order valence-corrected chi connectivity index (χ2v) is 11.6. The lowest BCUT2D eigenvalue weighted by molar-refractivity contribution is -0.137. The van der Waals surface area contributed by atoms with Crippen molar-refractivity contribution in [2.24, 2.45) is 0 Å². The van der Waals surface area contributed by atoms with Crippen molar-refractivity contribution in [3.05, 3.63) is 83.6 Å². The van der Waals surface area contributed by atoms with Gasteiger partial charge >= 0.3 is 6.18 Å². The van der Waals surface area contributed by atoms with Gasteiger partial charge in [-0.25, -0.2) is 0 Å². The Balaban J connectivity index is 1.11. The van der Waals surface area contributed by atoms with Crippen molar-refractivity contribution < 1.29 is 32.3 Å². The molecule has 4 aromatic rings. The summed E-state index contributed by atoms with van der Waals surface area (Å²) in [7, 11) is 1.45.